The van der Waals surface area contributed by atoms with E-state index < -0.39 is 0 Å². The van der Waals surface area contributed by atoms with Crippen LogP contribution in [0.2, 0.25) is 0 Å². The zero-order valence-electron chi connectivity index (χ0n) is 9.65. The second kappa shape index (κ2) is 3.51. The van der Waals surface area contributed by atoms with Gasteiger partial charge in [0.2, 0.25) is 5.91 Å². The summed E-state index contributed by atoms with van der Waals surface area (Å²) in [7, 11) is 0. The van der Waals surface area contributed by atoms with E-state index in [1.807, 2.05) is 6.92 Å². The van der Waals surface area contributed by atoms with Crippen molar-refractivity contribution in [1.29, 1.82) is 0 Å². The van der Waals surface area contributed by atoms with Gasteiger partial charge in [-0.3, -0.25) is 4.79 Å². The predicted octanol–water partition coefficient (Wildman–Crippen LogP) is 2.57. The van der Waals surface area contributed by atoms with Gasteiger partial charge in [0, 0.05) is 17.3 Å². The minimum absolute atomic E-state index is 0.145. The third-order valence-corrected chi connectivity index (χ3v) is 4.16. The molecule has 0 bridgehead atoms. The highest BCUT2D eigenvalue weighted by Crippen LogP contribution is 2.68. The molecule has 1 amide bonds. The molecule has 1 rings (SSSR count). The Morgan fingerprint density at radius 1 is 1.36 bits per heavy atom. The van der Waals surface area contributed by atoms with Crippen molar-refractivity contribution >= 4 is 21.8 Å². The Balaban J connectivity index is 2.50. The molecule has 0 saturated heterocycles. The predicted molar refractivity (Wildman–Crippen MR) is 62.5 cm³/mol. The second-order valence-corrected chi connectivity index (χ2v) is 6.97. The number of amides is 1. The Morgan fingerprint density at radius 3 is 2.07 bits per heavy atom. The fourth-order valence-corrected chi connectivity index (χ4v) is 2.36. The van der Waals surface area contributed by atoms with Crippen molar-refractivity contribution < 1.29 is 4.79 Å². The molecule has 0 aromatic carbocycles. The molecule has 0 spiro atoms. The van der Waals surface area contributed by atoms with Gasteiger partial charge < -0.3 is 5.32 Å². The molecule has 1 aliphatic rings. The van der Waals surface area contributed by atoms with Gasteiger partial charge in [0.25, 0.3) is 0 Å². The van der Waals surface area contributed by atoms with Crippen LogP contribution in [0.5, 0.6) is 0 Å². The number of carbonyl (C=O) groups excluding carboxylic acids is 1. The van der Waals surface area contributed by atoms with E-state index in [0.717, 1.165) is 0 Å². The van der Waals surface area contributed by atoms with E-state index >= 15 is 0 Å². The van der Waals surface area contributed by atoms with Crippen molar-refractivity contribution in [2.45, 2.75) is 39.4 Å². The molecule has 3 heteroatoms. The number of rotatable bonds is 3. The molecule has 0 aromatic heterocycles. The Morgan fingerprint density at radius 2 is 1.79 bits per heavy atom. The standard InChI is InChI=1S/C11H20BrNO/c1-7(12)6-13-9(14)8-10(2,3)11(8,4)5/h7-8H,6H2,1-5H3,(H,13,14). The monoisotopic (exact) mass is 261 g/mol. The summed E-state index contributed by atoms with van der Waals surface area (Å²) in [4.78, 5) is 12.2. The Bertz CT molecular complexity index is 232. The van der Waals surface area contributed by atoms with Crippen LogP contribution >= 0.6 is 15.9 Å². The first kappa shape index (κ1) is 12.0. The molecule has 0 heterocycles. The van der Waals surface area contributed by atoms with Crippen molar-refractivity contribution in [2.75, 3.05) is 6.54 Å². The highest BCUT2D eigenvalue weighted by molar-refractivity contribution is 9.09. The Labute approximate surface area is 95.0 Å². The molecule has 0 aliphatic heterocycles. The molecule has 0 aromatic rings. The van der Waals surface area contributed by atoms with Gasteiger partial charge >= 0.3 is 0 Å². The Hall–Kier alpha value is -0.0500. The lowest BCUT2D eigenvalue weighted by Crippen LogP contribution is -2.31. The van der Waals surface area contributed by atoms with Crippen LogP contribution in [0, 0.1) is 16.7 Å². The third-order valence-electron chi connectivity index (χ3n) is 3.84. The first-order valence-electron chi connectivity index (χ1n) is 5.13. The molecular weight excluding hydrogens is 242 g/mol. The number of halogens is 1. The van der Waals surface area contributed by atoms with E-state index in [9.17, 15) is 4.79 Å². The van der Waals surface area contributed by atoms with E-state index in [0.29, 0.717) is 11.4 Å². The lowest BCUT2D eigenvalue weighted by Gasteiger charge is -2.07. The fourth-order valence-electron chi connectivity index (χ4n) is 2.20. The molecule has 1 saturated carbocycles. The van der Waals surface area contributed by atoms with Crippen LogP contribution in [-0.4, -0.2) is 17.3 Å². The average molecular weight is 262 g/mol. The average Bonchev–Trinajstić information content (AvgIpc) is 2.39. The van der Waals surface area contributed by atoms with Crippen LogP contribution in [0.25, 0.3) is 0 Å². The maximum atomic E-state index is 11.8. The maximum absolute atomic E-state index is 11.8. The fraction of sp³-hybridized carbons (Fsp3) is 0.909. The van der Waals surface area contributed by atoms with Crippen molar-refractivity contribution in [2.24, 2.45) is 16.7 Å². The van der Waals surface area contributed by atoms with E-state index in [1.54, 1.807) is 0 Å². The molecule has 1 aliphatic carbocycles. The highest BCUT2D eigenvalue weighted by atomic mass is 79.9. The second-order valence-electron chi connectivity index (χ2n) is 5.40. The van der Waals surface area contributed by atoms with E-state index in [1.165, 1.54) is 0 Å². The molecule has 2 nitrogen and oxygen atoms in total. The molecule has 1 N–H and O–H groups in total. The molecule has 1 fully saturated rings. The summed E-state index contributed by atoms with van der Waals surface area (Å²) in [6, 6.07) is 0. The summed E-state index contributed by atoms with van der Waals surface area (Å²) < 4.78 is 0. The quantitative estimate of drug-likeness (QED) is 0.778. The van der Waals surface area contributed by atoms with Crippen LogP contribution < -0.4 is 5.32 Å². The topological polar surface area (TPSA) is 29.1 Å². The SMILES string of the molecule is CC(Br)CNC(=O)C1C(C)(C)C1(C)C. The van der Waals surface area contributed by atoms with Crippen LogP contribution in [0.1, 0.15) is 34.6 Å². The van der Waals surface area contributed by atoms with Gasteiger partial charge in [-0.25, -0.2) is 0 Å². The lowest BCUT2D eigenvalue weighted by molar-refractivity contribution is -0.123. The minimum atomic E-state index is 0.145. The molecular formula is C11H20BrNO. The third kappa shape index (κ3) is 1.83. The zero-order valence-corrected chi connectivity index (χ0v) is 11.2. The first-order valence-corrected chi connectivity index (χ1v) is 6.04. The first-order chi connectivity index (χ1) is 6.21. The van der Waals surface area contributed by atoms with E-state index in [4.69, 9.17) is 0 Å². The number of hydrogen-bond donors (Lipinski definition) is 1. The highest BCUT2D eigenvalue weighted by Gasteiger charge is 2.68. The number of nitrogens with one attached hydrogen (secondary N) is 1. The van der Waals surface area contributed by atoms with Gasteiger partial charge in [-0.1, -0.05) is 50.5 Å². The van der Waals surface area contributed by atoms with Crippen molar-refractivity contribution in [3.63, 3.8) is 0 Å². The van der Waals surface area contributed by atoms with Gasteiger partial charge in [0.05, 0.1) is 0 Å². The normalized spacial score (nSPS) is 25.6. The number of alkyl halides is 1. The van der Waals surface area contributed by atoms with Crippen molar-refractivity contribution in [1.82, 2.24) is 5.32 Å². The van der Waals surface area contributed by atoms with E-state index in [2.05, 4.69) is 48.9 Å². The van der Waals surface area contributed by atoms with Gasteiger partial charge in [-0.15, -0.1) is 0 Å². The summed E-state index contributed by atoms with van der Waals surface area (Å²) in [5.41, 5.74) is 0.291. The number of carbonyl (C=O) groups is 1. The number of hydrogen-bond acceptors (Lipinski definition) is 1. The largest absolute Gasteiger partial charge is 0.355 e. The van der Waals surface area contributed by atoms with Gasteiger partial charge in [-0.05, 0) is 10.8 Å². The van der Waals surface area contributed by atoms with Gasteiger partial charge in [0.1, 0.15) is 0 Å². The molecule has 0 radical (unpaired) electrons. The van der Waals surface area contributed by atoms with Gasteiger partial charge in [0.15, 0.2) is 0 Å². The zero-order chi connectivity index (χ0) is 11.1. The summed E-state index contributed by atoms with van der Waals surface area (Å²) in [6.45, 7) is 11.4. The smallest absolute Gasteiger partial charge is 0.224 e. The lowest BCUT2D eigenvalue weighted by atomic mass is 10.0. The van der Waals surface area contributed by atoms with Crippen LogP contribution in [-0.2, 0) is 4.79 Å². The van der Waals surface area contributed by atoms with Crippen molar-refractivity contribution in [3.05, 3.63) is 0 Å². The summed E-state index contributed by atoms with van der Waals surface area (Å²) in [5.74, 6) is 0.368. The minimum Gasteiger partial charge on any atom is -0.355 e. The van der Waals surface area contributed by atoms with Gasteiger partial charge in [-0.2, -0.15) is 0 Å². The molecule has 1 unspecified atom stereocenters. The molecule has 82 valence electrons. The van der Waals surface area contributed by atoms with Crippen LogP contribution in [0.3, 0.4) is 0 Å². The summed E-state index contributed by atoms with van der Waals surface area (Å²) >= 11 is 3.41. The van der Waals surface area contributed by atoms with Crippen LogP contribution in [0.15, 0.2) is 0 Å². The summed E-state index contributed by atoms with van der Waals surface area (Å²) in [6.07, 6.45) is 0. The Kier molecular flexibility index (Phi) is 3.01. The maximum Gasteiger partial charge on any atom is 0.224 e. The van der Waals surface area contributed by atoms with Crippen molar-refractivity contribution in [3.8, 4) is 0 Å². The van der Waals surface area contributed by atoms with Crippen LogP contribution in [0.4, 0.5) is 0 Å². The molecule has 1 atom stereocenters. The molecule has 14 heavy (non-hydrogen) atoms. The van der Waals surface area contributed by atoms with E-state index in [-0.39, 0.29) is 22.7 Å². The summed E-state index contributed by atoms with van der Waals surface area (Å²) in [5, 5.41) is 2.97.